The van der Waals surface area contributed by atoms with Gasteiger partial charge in [0.05, 0.1) is 40.5 Å². The minimum absolute atomic E-state index is 0.0461. The van der Waals surface area contributed by atoms with E-state index < -0.39 is 33.2 Å². The molecule has 0 atom stereocenters. The molecular weight excluding hydrogens is 413 g/mol. The molecular formula is C20H22FN3O5S. The van der Waals surface area contributed by atoms with Gasteiger partial charge in [-0.25, -0.2) is 13.2 Å². The van der Waals surface area contributed by atoms with Crippen molar-refractivity contribution in [3.8, 4) is 0 Å². The molecule has 1 aliphatic carbocycles. The molecule has 4 rings (SSSR count). The predicted octanol–water partition coefficient (Wildman–Crippen LogP) is 2.05. The lowest BCUT2D eigenvalue weighted by molar-refractivity contribution is 0.366. The quantitative estimate of drug-likeness (QED) is 0.563. The first-order valence-corrected chi connectivity index (χ1v) is 11.3. The number of aryl methyl sites for hydroxylation is 2. The molecule has 0 aliphatic heterocycles. The Morgan fingerprint density at radius 1 is 1.20 bits per heavy atom. The van der Waals surface area contributed by atoms with Crippen LogP contribution in [0, 0.1) is 12.3 Å². The summed E-state index contributed by atoms with van der Waals surface area (Å²) in [6.07, 6.45) is 1.07. The number of alkyl halides is 1. The van der Waals surface area contributed by atoms with E-state index in [9.17, 15) is 22.4 Å². The largest absolute Gasteiger partial charge is 0.359 e. The number of halogens is 1. The van der Waals surface area contributed by atoms with Gasteiger partial charge in [0.1, 0.15) is 0 Å². The van der Waals surface area contributed by atoms with E-state index >= 15 is 0 Å². The average Bonchev–Trinajstić information content (AvgIpc) is 3.36. The van der Waals surface area contributed by atoms with Gasteiger partial charge in [-0.15, -0.1) is 0 Å². The van der Waals surface area contributed by atoms with E-state index in [4.69, 9.17) is 4.52 Å². The zero-order valence-electron chi connectivity index (χ0n) is 16.7. The van der Waals surface area contributed by atoms with E-state index in [1.807, 2.05) is 0 Å². The van der Waals surface area contributed by atoms with Crippen molar-refractivity contribution < 1.29 is 17.3 Å². The standard InChI is InChI=1S/C20H22FN3O5S/c1-3-23-17-5-4-15(30(27,28)12-20(11-21)6-7-20)9-16(17)18(25)24(19(23)26)10-14-8-13(2)22-29-14/h4-5,8-9H,3,6-7,10-12H2,1-2H3. The molecule has 2 heterocycles. The molecule has 1 saturated carbocycles. The molecule has 160 valence electrons. The highest BCUT2D eigenvalue weighted by atomic mass is 32.2. The smallest absolute Gasteiger partial charge is 0.331 e. The zero-order valence-corrected chi connectivity index (χ0v) is 17.5. The maximum Gasteiger partial charge on any atom is 0.331 e. The van der Waals surface area contributed by atoms with Gasteiger partial charge >= 0.3 is 5.69 Å². The molecule has 1 aliphatic rings. The van der Waals surface area contributed by atoms with Crippen LogP contribution in [0.1, 0.15) is 31.2 Å². The zero-order chi connectivity index (χ0) is 21.7. The van der Waals surface area contributed by atoms with Crippen LogP contribution in [0.5, 0.6) is 0 Å². The van der Waals surface area contributed by atoms with E-state index in [1.54, 1.807) is 19.9 Å². The Hall–Kier alpha value is -2.75. The highest BCUT2D eigenvalue weighted by molar-refractivity contribution is 7.91. The molecule has 2 aromatic heterocycles. The van der Waals surface area contributed by atoms with Crippen molar-refractivity contribution in [2.45, 2.75) is 44.7 Å². The van der Waals surface area contributed by atoms with E-state index in [2.05, 4.69) is 5.16 Å². The maximum absolute atomic E-state index is 13.2. The molecule has 10 heteroatoms. The van der Waals surface area contributed by atoms with Crippen LogP contribution in [0.25, 0.3) is 10.9 Å². The number of benzene rings is 1. The Morgan fingerprint density at radius 3 is 2.50 bits per heavy atom. The molecule has 30 heavy (non-hydrogen) atoms. The van der Waals surface area contributed by atoms with Gasteiger partial charge in [0.2, 0.25) is 0 Å². The lowest BCUT2D eigenvalue weighted by atomic mass is 10.2. The van der Waals surface area contributed by atoms with Gasteiger partial charge in [-0.05, 0) is 44.9 Å². The number of sulfone groups is 1. The molecule has 0 N–H and O–H groups in total. The van der Waals surface area contributed by atoms with Gasteiger partial charge in [-0.2, -0.15) is 0 Å². The van der Waals surface area contributed by atoms with E-state index in [-0.39, 0.29) is 22.6 Å². The number of hydrogen-bond donors (Lipinski definition) is 0. The van der Waals surface area contributed by atoms with Crippen LogP contribution in [-0.2, 0) is 22.9 Å². The fourth-order valence-corrected chi connectivity index (χ4v) is 5.58. The van der Waals surface area contributed by atoms with E-state index in [1.165, 1.54) is 22.8 Å². The number of hydrogen-bond acceptors (Lipinski definition) is 6. The SMILES string of the molecule is CCn1c(=O)n(Cc2cc(C)no2)c(=O)c2cc(S(=O)(=O)CC3(CF)CC3)ccc21. The van der Waals surface area contributed by atoms with Crippen LogP contribution in [0.3, 0.4) is 0 Å². The third-order valence-electron chi connectivity index (χ3n) is 5.60. The van der Waals surface area contributed by atoms with Crippen LogP contribution in [0.15, 0.2) is 43.3 Å². The first-order valence-electron chi connectivity index (χ1n) is 9.68. The van der Waals surface area contributed by atoms with Crippen molar-refractivity contribution in [2.75, 3.05) is 12.4 Å². The maximum atomic E-state index is 13.2. The number of rotatable bonds is 7. The molecule has 8 nitrogen and oxygen atoms in total. The first kappa shape index (κ1) is 20.5. The summed E-state index contributed by atoms with van der Waals surface area (Å²) in [4.78, 5) is 25.9. The van der Waals surface area contributed by atoms with Crippen molar-refractivity contribution >= 4 is 20.7 Å². The molecule has 0 bridgehead atoms. The van der Waals surface area contributed by atoms with Gasteiger partial charge in [0.25, 0.3) is 5.56 Å². The number of nitrogens with zero attached hydrogens (tertiary/aromatic N) is 3. The molecule has 0 unspecified atom stereocenters. The molecule has 0 radical (unpaired) electrons. The van der Waals surface area contributed by atoms with Crippen LogP contribution in [-0.4, -0.2) is 35.1 Å². The summed E-state index contributed by atoms with van der Waals surface area (Å²) in [6, 6.07) is 5.75. The average molecular weight is 435 g/mol. The van der Waals surface area contributed by atoms with E-state index in [0.29, 0.717) is 36.4 Å². The normalized spacial score (nSPS) is 15.6. The Kier molecular flexibility index (Phi) is 4.92. The third kappa shape index (κ3) is 3.49. The summed E-state index contributed by atoms with van der Waals surface area (Å²) in [5, 5.41) is 3.87. The van der Waals surface area contributed by atoms with Gasteiger partial charge in [0, 0.05) is 18.0 Å². The summed E-state index contributed by atoms with van der Waals surface area (Å²) in [6.45, 7) is 2.98. The third-order valence-corrected chi connectivity index (χ3v) is 7.56. The van der Waals surface area contributed by atoms with Crippen LogP contribution < -0.4 is 11.2 Å². The second-order valence-electron chi connectivity index (χ2n) is 7.92. The summed E-state index contributed by atoms with van der Waals surface area (Å²) < 4.78 is 46.4. The van der Waals surface area contributed by atoms with Crippen molar-refractivity contribution in [2.24, 2.45) is 5.41 Å². The lowest BCUT2D eigenvalue weighted by Crippen LogP contribution is -2.40. The van der Waals surface area contributed by atoms with Crippen molar-refractivity contribution in [3.63, 3.8) is 0 Å². The lowest BCUT2D eigenvalue weighted by Gasteiger charge is -2.14. The van der Waals surface area contributed by atoms with Crippen LogP contribution >= 0.6 is 0 Å². The summed E-state index contributed by atoms with van der Waals surface area (Å²) in [5.41, 5.74) is -0.972. The molecule has 3 aromatic rings. The van der Waals surface area contributed by atoms with E-state index in [0.717, 1.165) is 4.57 Å². The van der Waals surface area contributed by atoms with Gasteiger partial charge < -0.3 is 4.52 Å². The minimum Gasteiger partial charge on any atom is -0.359 e. The minimum atomic E-state index is -3.78. The summed E-state index contributed by atoms with van der Waals surface area (Å²) in [5.74, 6) is 0.0529. The predicted molar refractivity (Wildman–Crippen MR) is 108 cm³/mol. The Bertz CT molecular complexity index is 1350. The summed E-state index contributed by atoms with van der Waals surface area (Å²) >= 11 is 0. The topological polar surface area (TPSA) is 104 Å². The first-order chi connectivity index (χ1) is 14.2. The molecule has 1 aromatic carbocycles. The van der Waals surface area contributed by atoms with Gasteiger partial charge in [-0.1, -0.05) is 5.16 Å². The second kappa shape index (κ2) is 7.19. The monoisotopic (exact) mass is 435 g/mol. The van der Waals surface area contributed by atoms with Crippen molar-refractivity contribution in [3.05, 3.63) is 56.6 Å². The molecule has 1 fully saturated rings. The fraction of sp³-hybridized carbons (Fsp3) is 0.450. The Morgan fingerprint density at radius 2 is 1.93 bits per heavy atom. The number of fused-ring (bicyclic) bond motifs is 1. The Balaban J connectivity index is 1.86. The van der Waals surface area contributed by atoms with Crippen molar-refractivity contribution in [1.82, 2.24) is 14.3 Å². The Labute approximate surface area is 171 Å². The molecule has 0 amide bonds. The van der Waals surface area contributed by atoms with Crippen molar-refractivity contribution in [1.29, 1.82) is 0 Å². The summed E-state index contributed by atoms with van der Waals surface area (Å²) in [7, 11) is -3.78. The molecule has 0 spiro atoms. The highest BCUT2D eigenvalue weighted by Crippen LogP contribution is 2.47. The second-order valence-corrected chi connectivity index (χ2v) is 9.91. The number of aromatic nitrogens is 3. The van der Waals surface area contributed by atoms with Crippen LogP contribution in [0.2, 0.25) is 0 Å². The highest BCUT2D eigenvalue weighted by Gasteiger charge is 2.46. The van der Waals surface area contributed by atoms with Gasteiger partial charge in [0.15, 0.2) is 15.6 Å². The molecule has 0 saturated heterocycles. The van der Waals surface area contributed by atoms with Gasteiger partial charge in [-0.3, -0.25) is 18.3 Å². The fourth-order valence-electron chi connectivity index (χ4n) is 3.67. The van der Waals surface area contributed by atoms with Crippen LogP contribution in [0.4, 0.5) is 4.39 Å².